The predicted octanol–water partition coefficient (Wildman–Crippen LogP) is 0.308. The molecule has 108 valence electrons. The summed E-state index contributed by atoms with van der Waals surface area (Å²) in [4.78, 5) is 35.2. The first kappa shape index (κ1) is 15.8. The van der Waals surface area contributed by atoms with Gasteiger partial charge >= 0.3 is 5.97 Å². The molecule has 0 bridgehead atoms. The Bertz CT molecular complexity index is 365. The summed E-state index contributed by atoms with van der Waals surface area (Å²) in [6.45, 7) is 2.70. The minimum absolute atomic E-state index is 0.0180. The van der Waals surface area contributed by atoms with Crippen LogP contribution in [0.1, 0.15) is 26.2 Å². The molecule has 0 aromatic heterocycles. The largest absolute Gasteiger partial charge is 0.481 e. The van der Waals surface area contributed by atoms with Gasteiger partial charge in [-0.1, -0.05) is 0 Å². The molecule has 0 aromatic rings. The molecule has 1 saturated heterocycles. The minimum atomic E-state index is -0.795. The summed E-state index contributed by atoms with van der Waals surface area (Å²) in [5, 5.41) is 9.10. The first-order valence-corrected chi connectivity index (χ1v) is 7.38. The van der Waals surface area contributed by atoms with Crippen LogP contribution in [0, 0.1) is 5.41 Å². The summed E-state index contributed by atoms with van der Waals surface area (Å²) in [6, 6.07) is 0. The number of carbonyl (C=O) groups excluding carboxylic acids is 2. The molecule has 7 heteroatoms. The van der Waals surface area contributed by atoms with Crippen LogP contribution < -0.4 is 5.73 Å². The Morgan fingerprint density at radius 1 is 1.32 bits per heavy atom. The third-order valence-corrected chi connectivity index (χ3v) is 4.42. The van der Waals surface area contributed by atoms with Crippen LogP contribution in [0.3, 0.4) is 0 Å². The van der Waals surface area contributed by atoms with E-state index < -0.39 is 11.4 Å². The van der Waals surface area contributed by atoms with Gasteiger partial charge in [0.05, 0.1) is 11.2 Å². The zero-order chi connectivity index (χ0) is 14.5. The van der Waals surface area contributed by atoms with Gasteiger partial charge in [0.15, 0.2) is 0 Å². The molecule has 1 rings (SSSR count). The molecule has 0 radical (unpaired) electrons. The summed E-state index contributed by atoms with van der Waals surface area (Å²) in [5.41, 5.74) is 4.29. The van der Waals surface area contributed by atoms with E-state index in [0.29, 0.717) is 38.1 Å². The molecule has 3 N–H and O–H groups in total. The second-order valence-corrected chi connectivity index (χ2v) is 6.12. The van der Waals surface area contributed by atoms with Crippen LogP contribution in [0.2, 0.25) is 0 Å². The van der Waals surface area contributed by atoms with Gasteiger partial charge in [-0.2, -0.15) is 11.8 Å². The lowest BCUT2D eigenvalue weighted by atomic mass is 9.80. The average Bonchev–Trinajstić information content (AvgIpc) is 2.35. The lowest BCUT2D eigenvalue weighted by Gasteiger charge is -2.36. The highest BCUT2D eigenvalue weighted by Crippen LogP contribution is 2.31. The monoisotopic (exact) mass is 288 g/mol. The Kier molecular flexibility index (Phi) is 5.65. The van der Waals surface area contributed by atoms with Crippen LogP contribution in [-0.4, -0.2) is 52.4 Å². The average molecular weight is 288 g/mol. The van der Waals surface area contributed by atoms with Gasteiger partial charge in [-0.3, -0.25) is 14.4 Å². The summed E-state index contributed by atoms with van der Waals surface area (Å²) in [6.07, 6.45) is 1.34. The number of nitrogens with two attached hydrogens (primary N) is 1. The number of primary amides is 1. The number of carbonyl (C=O) groups is 3. The zero-order valence-electron chi connectivity index (χ0n) is 11.1. The number of nitrogens with zero attached hydrogens (tertiary/aromatic N) is 1. The van der Waals surface area contributed by atoms with Crippen molar-refractivity contribution in [1.82, 2.24) is 4.90 Å². The molecular weight excluding hydrogens is 268 g/mol. The van der Waals surface area contributed by atoms with Crippen molar-refractivity contribution < 1.29 is 19.5 Å². The van der Waals surface area contributed by atoms with Crippen LogP contribution in [-0.2, 0) is 14.4 Å². The molecule has 1 heterocycles. The van der Waals surface area contributed by atoms with Crippen molar-refractivity contribution in [3.05, 3.63) is 0 Å². The Balaban J connectivity index is 2.29. The van der Waals surface area contributed by atoms with E-state index in [4.69, 9.17) is 10.8 Å². The molecular formula is C12H20N2O4S. The summed E-state index contributed by atoms with van der Waals surface area (Å²) >= 11 is 1.34. The molecule has 0 aliphatic carbocycles. The second-order valence-electron chi connectivity index (χ2n) is 5.02. The van der Waals surface area contributed by atoms with Crippen molar-refractivity contribution in [3.8, 4) is 0 Å². The Morgan fingerprint density at radius 2 is 1.89 bits per heavy atom. The number of hydrogen-bond acceptors (Lipinski definition) is 4. The van der Waals surface area contributed by atoms with Gasteiger partial charge in [0.2, 0.25) is 11.8 Å². The first-order chi connectivity index (χ1) is 8.85. The molecule has 0 unspecified atom stereocenters. The number of aliphatic carboxylic acids is 1. The number of carboxylic acid groups (broad SMARTS) is 1. The Hall–Kier alpha value is -1.24. The quantitative estimate of drug-likeness (QED) is 0.685. The van der Waals surface area contributed by atoms with Crippen LogP contribution in [0.25, 0.3) is 0 Å². The topological polar surface area (TPSA) is 101 Å². The van der Waals surface area contributed by atoms with E-state index in [2.05, 4.69) is 0 Å². The van der Waals surface area contributed by atoms with Crippen LogP contribution >= 0.6 is 11.8 Å². The third kappa shape index (κ3) is 4.74. The van der Waals surface area contributed by atoms with Crippen LogP contribution in [0.5, 0.6) is 0 Å². The van der Waals surface area contributed by atoms with Gasteiger partial charge in [0.25, 0.3) is 0 Å². The maximum Gasteiger partial charge on any atom is 0.309 e. The van der Waals surface area contributed by atoms with Gasteiger partial charge in [-0.25, -0.2) is 0 Å². The summed E-state index contributed by atoms with van der Waals surface area (Å²) in [7, 11) is 0. The Morgan fingerprint density at radius 3 is 2.37 bits per heavy atom. The molecule has 1 aliphatic heterocycles. The van der Waals surface area contributed by atoms with Crippen molar-refractivity contribution in [1.29, 1.82) is 0 Å². The smallest absolute Gasteiger partial charge is 0.309 e. The second kappa shape index (κ2) is 6.79. The van der Waals surface area contributed by atoms with Gasteiger partial charge in [0.1, 0.15) is 0 Å². The van der Waals surface area contributed by atoms with Crippen molar-refractivity contribution in [2.45, 2.75) is 26.2 Å². The maximum absolute atomic E-state index is 11.9. The number of hydrogen-bond donors (Lipinski definition) is 2. The first-order valence-electron chi connectivity index (χ1n) is 6.22. The van der Waals surface area contributed by atoms with Crippen molar-refractivity contribution in [3.63, 3.8) is 0 Å². The van der Waals surface area contributed by atoms with Gasteiger partial charge < -0.3 is 15.7 Å². The van der Waals surface area contributed by atoms with Crippen LogP contribution in [0.4, 0.5) is 0 Å². The molecule has 0 atom stereocenters. The number of thioether (sulfide) groups is 1. The number of carboxylic acids is 1. The van der Waals surface area contributed by atoms with E-state index in [-0.39, 0.29) is 17.6 Å². The SMILES string of the molecule is CC1(C(=O)O)CCN(C(=O)CCSCC(N)=O)CC1. The fourth-order valence-corrected chi connectivity index (χ4v) is 2.62. The number of likely N-dealkylation sites (tertiary alicyclic amines) is 1. The van der Waals surface area contributed by atoms with E-state index in [1.165, 1.54) is 11.8 Å². The van der Waals surface area contributed by atoms with Gasteiger partial charge in [0, 0.05) is 25.3 Å². The predicted molar refractivity (Wildman–Crippen MR) is 72.7 cm³/mol. The fourth-order valence-electron chi connectivity index (χ4n) is 1.95. The number of rotatable bonds is 6. The highest BCUT2D eigenvalue weighted by atomic mass is 32.2. The van der Waals surface area contributed by atoms with Crippen molar-refractivity contribution >= 4 is 29.5 Å². The van der Waals surface area contributed by atoms with E-state index in [1.807, 2.05) is 0 Å². The standard InChI is InChI=1S/C12H20N2O4S/c1-12(11(17)18)3-5-14(6-4-12)10(16)2-7-19-8-9(13)15/h2-8H2,1H3,(H2,13,15)(H,17,18). The number of amides is 2. The maximum atomic E-state index is 11.9. The highest BCUT2D eigenvalue weighted by molar-refractivity contribution is 7.99. The molecule has 2 amide bonds. The lowest BCUT2D eigenvalue weighted by molar-refractivity contribution is -0.152. The van der Waals surface area contributed by atoms with Crippen LogP contribution in [0.15, 0.2) is 0 Å². The molecule has 1 aliphatic rings. The molecule has 6 nitrogen and oxygen atoms in total. The van der Waals surface area contributed by atoms with Gasteiger partial charge in [-0.05, 0) is 19.8 Å². The fraction of sp³-hybridized carbons (Fsp3) is 0.750. The molecule has 19 heavy (non-hydrogen) atoms. The molecule has 1 fully saturated rings. The minimum Gasteiger partial charge on any atom is -0.481 e. The number of piperidine rings is 1. The van der Waals surface area contributed by atoms with E-state index >= 15 is 0 Å². The van der Waals surface area contributed by atoms with Crippen molar-refractivity contribution in [2.75, 3.05) is 24.6 Å². The third-order valence-electron chi connectivity index (χ3n) is 3.44. The molecule has 0 aromatic carbocycles. The van der Waals surface area contributed by atoms with E-state index in [0.717, 1.165) is 0 Å². The van der Waals surface area contributed by atoms with Crippen molar-refractivity contribution in [2.24, 2.45) is 11.1 Å². The molecule has 0 saturated carbocycles. The zero-order valence-corrected chi connectivity index (χ0v) is 11.9. The summed E-state index contributed by atoms with van der Waals surface area (Å²) < 4.78 is 0. The summed E-state index contributed by atoms with van der Waals surface area (Å²) in [5.74, 6) is -0.368. The molecule has 0 spiro atoms. The van der Waals surface area contributed by atoms with E-state index in [1.54, 1.807) is 11.8 Å². The highest BCUT2D eigenvalue weighted by Gasteiger charge is 2.37. The lowest BCUT2D eigenvalue weighted by Crippen LogP contribution is -2.45. The van der Waals surface area contributed by atoms with Gasteiger partial charge in [-0.15, -0.1) is 0 Å². The normalized spacial score (nSPS) is 18.1. The van der Waals surface area contributed by atoms with E-state index in [9.17, 15) is 14.4 Å². The Labute approximate surface area is 116 Å².